The maximum absolute atomic E-state index is 13.8. The van der Waals surface area contributed by atoms with Crippen LogP contribution in [0.25, 0.3) is 0 Å². The van der Waals surface area contributed by atoms with E-state index in [1.165, 1.54) is 31.2 Å². The minimum Gasteiger partial charge on any atom is -0.497 e. The zero-order valence-corrected chi connectivity index (χ0v) is 22.6. The van der Waals surface area contributed by atoms with Gasteiger partial charge >= 0.3 is 0 Å². The molecule has 0 heterocycles. The van der Waals surface area contributed by atoms with Crippen LogP contribution in [0, 0.1) is 13.8 Å². The first kappa shape index (κ1) is 27.7. The number of nitrogens with one attached hydrogen (secondary N) is 1. The van der Waals surface area contributed by atoms with Crippen molar-refractivity contribution in [3.8, 4) is 5.75 Å². The van der Waals surface area contributed by atoms with Crippen LogP contribution < -0.4 is 14.4 Å². The molecule has 1 N–H and O–H groups in total. The Kier molecular flexibility index (Phi) is 8.94. The highest BCUT2D eigenvalue weighted by atomic mass is 32.2. The van der Waals surface area contributed by atoms with Crippen LogP contribution in [0.4, 0.5) is 5.69 Å². The summed E-state index contributed by atoms with van der Waals surface area (Å²) in [6, 6.07) is 19.7. The van der Waals surface area contributed by atoms with Crippen molar-refractivity contribution in [2.24, 2.45) is 0 Å². The second-order valence-electron chi connectivity index (χ2n) is 8.82. The molecule has 0 saturated heterocycles. The summed E-state index contributed by atoms with van der Waals surface area (Å²) < 4.78 is 33.8. The predicted octanol–water partition coefficient (Wildman–Crippen LogP) is 3.67. The number of anilines is 1. The first-order valence-corrected chi connectivity index (χ1v) is 13.3. The van der Waals surface area contributed by atoms with Crippen LogP contribution >= 0.6 is 0 Å². The number of hydrogen-bond donors (Lipinski definition) is 1. The van der Waals surface area contributed by atoms with E-state index in [0.717, 1.165) is 21.0 Å². The normalized spacial score (nSPS) is 11.9. The largest absolute Gasteiger partial charge is 0.497 e. The highest BCUT2D eigenvalue weighted by molar-refractivity contribution is 7.92. The van der Waals surface area contributed by atoms with Crippen LogP contribution in [0.2, 0.25) is 0 Å². The summed E-state index contributed by atoms with van der Waals surface area (Å²) in [7, 11) is -1.09. The molecular formula is C28H33N3O5S. The molecular weight excluding hydrogens is 490 g/mol. The number of methoxy groups -OCH3 is 1. The molecule has 3 rings (SSSR count). The maximum atomic E-state index is 13.8. The summed E-state index contributed by atoms with van der Waals surface area (Å²) in [6.45, 7) is 5.11. The number of hydrogen-bond acceptors (Lipinski definition) is 5. The Morgan fingerprint density at radius 2 is 1.43 bits per heavy atom. The first-order valence-electron chi connectivity index (χ1n) is 11.9. The molecule has 0 aromatic heterocycles. The minimum atomic E-state index is -4.10. The van der Waals surface area contributed by atoms with E-state index in [2.05, 4.69) is 5.32 Å². The number of carbonyl (C=O) groups excluding carboxylic acids is 2. The Bertz CT molecular complexity index is 1320. The molecule has 196 valence electrons. The lowest BCUT2D eigenvalue weighted by Crippen LogP contribution is -2.50. The number of aryl methyl sites for hydroxylation is 2. The Morgan fingerprint density at radius 1 is 0.892 bits per heavy atom. The van der Waals surface area contributed by atoms with E-state index >= 15 is 0 Å². The number of amides is 2. The number of rotatable bonds is 10. The van der Waals surface area contributed by atoms with Gasteiger partial charge in [-0.1, -0.05) is 47.5 Å². The average Bonchev–Trinajstić information content (AvgIpc) is 2.90. The molecule has 2 amide bonds. The minimum absolute atomic E-state index is 0.0613. The van der Waals surface area contributed by atoms with Crippen molar-refractivity contribution in [1.29, 1.82) is 0 Å². The number of sulfonamides is 1. The van der Waals surface area contributed by atoms with Crippen molar-refractivity contribution < 1.29 is 22.7 Å². The molecule has 0 aliphatic heterocycles. The van der Waals surface area contributed by atoms with E-state index in [-0.39, 0.29) is 17.3 Å². The Labute approximate surface area is 218 Å². The summed E-state index contributed by atoms with van der Waals surface area (Å²) >= 11 is 0. The number of likely N-dealkylation sites (N-methyl/N-ethyl adjacent to an activating group) is 1. The molecule has 9 heteroatoms. The van der Waals surface area contributed by atoms with Gasteiger partial charge in [-0.15, -0.1) is 0 Å². The molecule has 0 aliphatic rings. The molecule has 3 aromatic carbocycles. The van der Waals surface area contributed by atoms with Gasteiger partial charge in [0.05, 0.1) is 17.7 Å². The fourth-order valence-electron chi connectivity index (χ4n) is 3.80. The first-order chi connectivity index (χ1) is 17.6. The van der Waals surface area contributed by atoms with Crippen LogP contribution in [0.5, 0.6) is 5.75 Å². The predicted molar refractivity (Wildman–Crippen MR) is 144 cm³/mol. The van der Waals surface area contributed by atoms with Crippen molar-refractivity contribution in [2.45, 2.75) is 38.3 Å². The van der Waals surface area contributed by atoms with Crippen molar-refractivity contribution in [2.75, 3.05) is 25.0 Å². The van der Waals surface area contributed by atoms with Crippen LogP contribution in [-0.2, 0) is 26.2 Å². The standard InChI is InChI=1S/C28H33N3O5S/c1-20-6-10-23(11-7-20)18-30(22(3)28(33)29-4)27(32)19-31(24-12-14-25(36-5)15-13-24)37(34,35)26-16-8-21(2)9-17-26/h6-17,22H,18-19H2,1-5H3,(H,29,33). The lowest BCUT2D eigenvalue weighted by Gasteiger charge is -2.31. The lowest BCUT2D eigenvalue weighted by atomic mass is 10.1. The SMILES string of the molecule is CNC(=O)C(C)N(Cc1ccc(C)cc1)C(=O)CN(c1ccc(OC)cc1)S(=O)(=O)c1ccc(C)cc1. The summed E-state index contributed by atoms with van der Waals surface area (Å²) in [5.41, 5.74) is 3.11. The smallest absolute Gasteiger partial charge is 0.264 e. The van der Waals surface area contributed by atoms with Gasteiger partial charge in [-0.2, -0.15) is 0 Å². The van der Waals surface area contributed by atoms with Gasteiger partial charge in [0.15, 0.2) is 0 Å². The molecule has 1 atom stereocenters. The average molecular weight is 524 g/mol. The number of nitrogens with zero attached hydrogens (tertiary/aromatic N) is 2. The van der Waals surface area contributed by atoms with Crippen molar-refractivity contribution in [3.05, 3.63) is 89.5 Å². The summed E-state index contributed by atoms with van der Waals surface area (Å²) in [5, 5.41) is 2.58. The van der Waals surface area contributed by atoms with Crippen LogP contribution in [0.1, 0.15) is 23.6 Å². The van der Waals surface area contributed by atoms with E-state index in [4.69, 9.17) is 4.74 Å². The zero-order chi connectivity index (χ0) is 27.2. The maximum Gasteiger partial charge on any atom is 0.264 e. The highest BCUT2D eigenvalue weighted by Gasteiger charge is 2.32. The molecule has 0 radical (unpaired) electrons. The van der Waals surface area contributed by atoms with Gasteiger partial charge in [0.1, 0.15) is 18.3 Å². The number of ether oxygens (including phenoxy) is 1. The van der Waals surface area contributed by atoms with E-state index in [1.54, 1.807) is 43.3 Å². The molecule has 37 heavy (non-hydrogen) atoms. The molecule has 0 fully saturated rings. The van der Waals surface area contributed by atoms with Gasteiger partial charge in [-0.25, -0.2) is 8.42 Å². The monoisotopic (exact) mass is 523 g/mol. The molecule has 1 unspecified atom stereocenters. The van der Waals surface area contributed by atoms with E-state index in [0.29, 0.717) is 11.4 Å². The van der Waals surface area contributed by atoms with Gasteiger partial charge in [0.25, 0.3) is 10.0 Å². The fourth-order valence-corrected chi connectivity index (χ4v) is 5.21. The van der Waals surface area contributed by atoms with E-state index < -0.39 is 28.5 Å². The third-order valence-corrected chi connectivity index (χ3v) is 7.92. The van der Waals surface area contributed by atoms with Gasteiger partial charge in [-0.05, 0) is 62.7 Å². The Morgan fingerprint density at radius 3 is 1.95 bits per heavy atom. The summed E-state index contributed by atoms with van der Waals surface area (Å²) in [4.78, 5) is 27.7. The van der Waals surface area contributed by atoms with Crippen molar-refractivity contribution >= 4 is 27.5 Å². The second kappa shape index (κ2) is 11.9. The third-order valence-electron chi connectivity index (χ3n) is 6.14. The van der Waals surface area contributed by atoms with Gasteiger partial charge in [0, 0.05) is 13.6 Å². The second-order valence-corrected chi connectivity index (χ2v) is 10.7. The Hall–Kier alpha value is -3.85. The molecule has 3 aromatic rings. The zero-order valence-electron chi connectivity index (χ0n) is 21.8. The topological polar surface area (TPSA) is 96.0 Å². The lowest BCUT2D eigenvalue weighted by molar-refractivity contribution is -0.139. The van der Waals surface area contributed by atoms with E-state index in [9.17, 15) is 18.0 Å². The molecule has 0 aliphatic carbocycles. The quantitative estimate of drug-likeness (QED) is 0.438. The van der Waals surface area contributed by atoms with Crippen molar-refractivity contribution in [1.82, 2.24) is 10.2 Å². The highest BCUT2D eigenvalue weighted by Crippen LogP contribution is 2.26. The molecule has 8 nitrogen and oxygen atoms in total. The van der Waals surface area contributed by atoms with Gasteiger partial charge < -0.3 is 15.0 Å². The van der Waals surface area contributed by atoms with Crippen molar-refractivity contribution in [3.63, 3.8) is 0 Å². The van der Waals surface area contributed by atoms with Crippen LogP contribution in [0.3, 0.4) is 0 Å². The fraction of sp³-hybridized carbons (Fsp3) is 0.286. The van der Waals surface area contributed by atoms with Gasteiger partial charge in [0.2, 0.25) is 11.8 Å². The van der Waals surface area contributed by atoms with Crippen LogP contribution in [-0.4, -0.2) is 51.9 Å². The summed E-state index contributed by atoms with van der Waals surface area (Å²) in [5.74, 6) is -0.307. The van der Waals surface area contributed by atoms with E-state index in [1.807, 2.05) is 38.1 Å². The van der Waals surface area contributed by atoms with Crippen LogP contribution in [0.15, 0.2) is 77.7 Å². The number of benzene rings is 3. The number of carbonyl (C=O) groups is 2. The van der Waals surface area contributed by atoms with Gasteiger partial charge in [-0.3, -0.25) is 13.9 Å². The third kappa shape index (κ3) is 6.68. The molecule has 0 saturated carbocycles. The Balaban J connectivity index is 2.02. The summed E-state index contributed by atoms with van der Waals surface area (Å²) in [6.07, 6.45) is 0. The molecule has 0 bridgehead atoms. The molecule has 0 spiro atoms.